The van der Waals surface area contributed by atoms with E-state index in [1.165, 1.54) is 4.31 Å². The average molecular weight is 286 g/mol. The van der Waals surface area contributed by atoms with Gasteiger partial charge in [0.05, 0.1) is 4.90 Å². The summed E-state index contributed by atoms with van der Waals surface area (Å²) in [5, 5.41) is 3.23. The van der Waals surface area contributed by atoms with Crippen LogP contribution in [0, 0.1) is 0 Å². The fourth-order valence-corrected chi connectivity index (χ4v) is 3.76. The molecule has 1 aromatic carbocycles. The zero-order valence-electron chi connectivity index (χ0n) is 10.6. The lowest BCUT2D eigenvalue weighted by Gasteiger charge is -2.17. The molecule has 100 valence electrons. The van der Waals surface area contributed by atoms with Crippen molar-refractivity contribution < 1.29 is 8.42 Å². The monoisotopic (exact) mass is 286 g/mol. The molecule has 1 N–H and O–H groups in total. The molecule has 0 spiro atoms. The molecule has 0 atom stereocenters. The number of benzene rings is 1. The van der Waals surface area contributed by atoms with Gasteiger partial charge < -0.3 is 5.32 Å². The zero-order valence-corrected chi connectivity index (χ0v) is 12.3. The Morgan fingerprint density at radius 3 is 2.94 bits per heavy atom. The van der Waals surface area contributed by atoms with Gasteiger partial charge in [0.1, 0.15) is 0 Å². The molecule has 0 amide bonds. The van der Waals surface area contributed by atoms with E-state index in [4.69, 9.17) is 0 Å². The molecule has 2 rings (SSSR count). The summed E-state index contributed by atoms with van der Waals surface area (Å²) in [7, 11) is -1.70. The Bertz CT molecular complexity index is 529. The van der Waals surface area contributed by atoms with Crippen LogP contribution in [0.1, 0.15) is 5.56 Å². The van der Waals surface area contributed by atoms with Crippen molar-refractivity contribution in [1.82, 2.24) is 4.31 Å². The maximum absolute atomic E-state index is 12.3. The van der Waals surface area contributed by atoms with E-state index in [1.807, 2.05) is 12.3 Å². The number of rotatable bonds is 5. The third-order valence-corrected chi connectivity index (χ3v) is 5.55. The normalized spacial score (nSPS) is 14.6. The fourth-order valence-electron chi connectivity index (χ4n) is 1.96. The van der Waals surface area contributed by atoms with Crippen LogP contribution in [0.2, 0.25) is 0 Å². The summed E-state index contributed by atoms with van der Waals surface area (Å²) in [4.78, 5) is 0.397. The van der Waals surface area contributed by atoms with Crippen LogP contribution in [-0.2, 0) is 16.4 Å². The van der Waals surface area contributed by atoms with Gasteiger partial charge in [-0.25, -0.2) is 12.7 Å². The Kier molecular flexibility index (Phi) is 4.19. The molecule has 1 heterocycles. The molecular formula is C12H18N2O2S2. The molecule has 0 aromatic heterocycles. The molecule has 18 heavy (non-hydrogen) atoms. The summed E-state index contributed by atoms with van der Waals surface area (Å²) in [6.45, 7) is 1.43. The van der Waals surface area contributed by atoms with Crippen LogP contribution in [-0.4, -0.2) is 44.9 Å². The van der Waals surface area contributed by atoms with Crippen molar-refractivity contribution in [1.29, 1.82) is 0 Å². The summed E-state index contributed by atoms with van der Waals surface area (Å²) in [6, 6.07) is 5.33. The first-order valence-corrected chi connectivity index (χ1v) is 8.71. The van der Waals surface area contributed by atoms with E-state index >= 15 is 0 Å². The number of hydrogen-bond acceptors (Lipinski definition) is 4. The van der Waals surface area contributed by atoms with Crippen LogP contribution in [0.4, 0.5) is 5.69 Å². The summed E-state index contributed by atoms with van der Waals surface area (Å²) in [5.41, 5.74) is 2.15. The minimum Gasteiger partial charge on any atom is -0.384 e. The van der Waals surface area contributed by atoms with Crippen LogP contribution in [0.15, 0.2) is 23.1 Å². The standard InChI is InChI=1S/C12H18N2O2S2/c1-14(7-8-17-2)18(15,16)11-3-4-12-10(9-11)5-6-13-12/h3-4,9,13H,5-8H2,1-2H3. The van der Waals surface area contributed by atoms with Gasteiger partial charge >= 0.3 is 0 Å². The summed E-state index contributed by atoms with van der Waals surface area (Å²) in [5.74, 6) is 0.808. The highest BCUT2D eigenvalue weighted by atomic mass is 32.2. The zero-order chi connectivity index (χ0) is 13.2. The van der Waals surface area contributed by atoms with Crippen LogP contribution in [0.25, 0.3) is 0 Å². The van der Waals surface area contributed by atoms with Gasteiger partial charge in [-0.15, -0.1) is 0 Å². The van der Waals surface area contributed by atoms with E-state index in [9.17, 15) is 8.42 Å². The third-order valence-electron chi connectivity index (χ3n) is 3.10. The van der Waals surface area contributed by atoms with Crippen molar-refractivity contribution in [2.45, 2.75) is 11.3 Å². The first kappa shape index (κ1) is 13.7. The maximum Gasteiger partial charge on any atom is 0.242 e. The van der Waals surface area contributed by atoms with Crippen molar-refractivity contribution >= 4 is 27.5 Å². The quantitative estimate of drug-likeness (QED) is 0.894. The van der Waals surface area contributed by atoms with Crippen LogP contribution >= 0.6 is 11.8 Å². The number of thioether (sulfide) groups is 1. The second-order valence-electron chi connectivity index (χ2n) is 4.32. The highest BCUT2D eigenvalue weighted by molar-refractivity contribution is 7.98. The number of sulfonamides is 1. The van der Waals surface area contributed by atoms with Crippen molar-refractivity contribution in [3.8, 4) is 0 Å². The van der Waals surface area contributed by atoms with Crippen LogP contribution in [0.3, 0.4) is 0 Å². The second-order valence-corrected chi connectivity index (χ2v) is 7.35. The Balaban J connectivity index is 2.24. The van der Waals surface area contributed by atoms with Gasteiger partial charge in [0, 0.05) is 31.6 Å². The second kappa shape index (κ2) is 5.50. The summed E-state index contributed by atoms with van der Waals surface area (Å²) in [6.07, 6.45) is 2.87. The lowest BCUT2D eigenvalue weighted by molar-refractivity contribution is 0.488. The SMILES string of the molecule is CSCCN(C)S(=O)(=O)c1ccc2c(c1)CCN2. The van der Waals surface area contributed by atoms with Crippen molar-refractivity contribution in [3.63, 3.8) is 0 Å². The molecule has 1 aliphatic heterocycles. The smallest absolute Gasteiger partial charge is 0.242 e. The summed E-state index contributed by atoms with van der Waals surface area (Å²) < 4.78 is 26.1. The van der Waals surface area contributed by atoms with Crippen molar-refractivity contribution in [2.24, 2.45) is 0 Å². The van der Waals surface area contributed by atoms with Gasteiger partial charge in [0.2, 0.25) is 10.0 Å². The van der Waals surface area contributed by atoms with Gasteiger partial charge in [0.25, 0.3) is 0 Å². The van der Waals surface area contributed by atoms with E-state index in [-0.39, 0.29) is 0 Å². The molecule has 1 aromatic rings. The van der Waals surface area contributed by atoms with Crippen LogP contribution < -0.4 is 5.32 Å². The average Bonchev–Trinajstić information content (AvgIpc) is 2.82. The minimum absolute atomic E-state index is 0.397. The van der Waals surface area contributed by atoms with Crippen molar-refractivity contribution in [2.75, 3.05) is 37.5 Å². The Hall–Kier alpha value is -0.720. The molecule has 0 saturated heterocycles. The van der Waals surface area contributed by atoms with Gasteiger partial charge in [-0.1, -0.05) is 0 Å². The number of nitrogens with one attached hydrogen (secondary N) is 1. The van der Waals surface area contributed by atoms with Gasteiger partial charge in [-0.3, -0.25) is 0 Å². The predicted octanol–water partition coefficient (Wildman–Crippen LogP) is 1.64. The van der Waals surface area contributed by atoms with Crippen LogP contribution in [0.5, 0.6) is 0 Å². The lowest BCUT2D eigenvalue weighted by Crippen LogP contribution is -2.29. The molecule has 0 radical (unpaired) electrons. The van der Waals surface area contributed by atoms with E-state index < -0.39 is 10.0 Å². The van der Waals surface area contributed by atoms with E-state index in [2.05, 4.69) is 5.32 Å². The molecule has 0 unspecified atom stereocenters. The van der Waals surface area contributed by atoms with E-state index in [1.54, 1.807) is 30.9 Å². The van der Waals surface area contributed by atoms with Gasteiger partial charge in [-0.05, 0) is 36.4 Å². The topological polar surface area (TPSA) is 49.4 Å². The molecular weight excluding hydrogens is 268 g/mol. The Morgan fingerprint density at radius 1 is 1.44 bits per heavy atom. The number of nitrogens with zero attached hydrogens (tertiary/aromatic N) is 1. The Labute approximate surface area is 113 Å². The molecule has 0 saturated carbocycles. The van der Waals surface area contributed by atoms with Crippen molar-refractivity contribution in [3.05, 3.63) is 23.8 Å². The maximum atomic E-state index is 12.3. The number of fused-ring (bicyclic) bond motifs is 1. The molecule has 4 nitrogen and oxygen atoms in total. The first-order valence-electron chi connectivity index (χ1n) is 5.88. The van der Waals surface area contributed by atoms with E-state index in [0.717, 1.165) is 30.0 Å². The minimum atomic E-state index is -3.34. The lowest BCUT2D eigenvalue weighted by atomic mass is 10.2. The Morgan fingerprint density at radius 2 is 2.22 bits per heavy atom. The summed E-state index contributed by atoms with van der Waals surface area (Å²) >= 11 is 1.65. The van der Waals surface area contributed by atoms with Gasteiger partial charge in [0.15, 0.2) is 0 Å². The third kappa shape index (κ3) is 2.65. The highest BCUT2D eigenvalue weighted by Gasteiger charge is 2.22. The molecule has 0 aliphatic carbocycles. The highest BCUT2D eigenvalue weighted by Crippen LogP contribution is 2.26. The molecule has 1 aliphatic rings. The number of hydrogen-bond donors (Lipinski definition) is 1. The molecule has 0 fully saturated rings. The predicted molar refractivity (Wildman–Crippen MR) is 76.8 cm³/mol. The fraction of sp³-hybridized carbons (Fsp3) is 0.500. The first-order chi connectivity index (χ1) is 8.55. The number of anilines is 1. The molecule has 0 bridgehead atoms. The molecule has 6 heteroatoms. The largest absolute Gasteiger partial charge is 0.384 e. The van der Waals surface area contributed by atoms with E-state index in [0.29, 0.717) is 11.4 Å². The van der Waals surface area contributed by atoms with Gasteiger partial charge in [-0.2, -0.15) is 11.8 Å².